The number of thioether (sulfide) groups is 1. The zero-order chi connectivity index (χ0) is 21.1. The third kappa shape index (κ3) is 4.64. The van der Waals surface area contributed by atoms with Crippen LogP contribution in [0.2, 0.25) is 0 Å². The molecule has 2 heterocycles. The smallest absolute Gasteiger partial charge is 0.286 e. The molecular weight excluding hydrogens is 404 g/mol. The summed E-state index contributed by atoms with van der Waals surface area (Å²) in [5.41, 5.74) is 2.08. The molecule has 0 aromatic heterocycles. The maximum Gasteiger partial charge on any atom is 0.286 e. The predicted octanol–water partition coefficient (Wildman–Crippen LogP) is 3.42. The van der Waals surface area contributed by atoms with Crippen LogP contribution in [0.5, 0.6) is 5.75 Å². The molecule has 0 radical (unpaired) electrons. The maximum atomic E-state index is 12.8. The van der Waals surface area contributed by atoms with Gasteiger partial charge < -0.3 is 14.4 Å². The Bertz CT molecular complexity index is 824. The van der Waals surface area contributed by atoms with Crippen LogP contribution in [0.15, 0.2) is 18.2 Å². The molecule has 4 rings (SSSR count). The topological polar surface area (TPSA) is 84.9 Å². The van der Waals surface area contributed by atoms with Crippen LogP contribution in [0.3, 0.4) is 0 Å². The van der Waals surface area contributed by atoms with Gasteiger partial charge in [0.05, 0.1) is 12.6 Å². The molecule has 0 unspecified atom stereocenters. The summed E-state index contributed by atoms with van der Waals surface area (Å²) in [5, 5.41) is 1.20. The van der Waals surface area contributed by atoms with E-state index in [1.54, 1.807) is 12.0 Å². The van der Waals surface area contributed by atoms with Gasteiger partial charge in [-0.15, -0.1) is 0 Å². The summed E-state index contributed by atoms with van der Waals surface area (Å²) in [6.45, 7) is 1.28. The number of fused-ring (bicyclic) bond motifs is 1. The molecule has 30 heavy (non-hydrogen) atoms. The molecule has 1 aromatic carbocycles. The second-order valence-electron chi connectivity index (χ2n) is 8.17. The lowest BCUT2D eigenvalue weighted by atomic mass is 9.82. The number of amides is 3. The Kier molecular flexibility index (Phi) is 6.63. The second kappa shape index (κ2) is 9.39. The van der Waals surface area contributed by atoms with Gasteiger partial charge in [0.2, 0.25) is 11.8 Å². The number of hydrogen-bond acceptors (Lipinski definition) is 6. The molecule has 2 aliphatic heterocycles. The summed E-state index contributed by atoms with van der Waals surface area (Å²) in [4.78, 5) is 37.7. The molecule has 8 heteroatoms. The monoisotopic (exact) mass is 432 g/mol. The van der Waals surface area contributed by atoms with Crippen LogP contribution in [0, 0.1) is 5.92 Å². The molecule has 0 spiro atoms. The molecule has 1 aliphatic carbocycles. The molecule has 1 N–H and O–H groups in total. The van der Waals surface area contributed by atoms with Crippen molar-refractivity contribution in [3.63, 3.8) is 0 Å². The number of nitrogens with one attached hydrogen (secondary N) is 1. The van der Waals surface area contributed by atoms with E-state index in [2.05, 4.69) is 17.4 Å². The van der Waals surface area contributed by atoms with E-state index in [-0.39, 0.29) is 29.6 Å². The first kappa shape index (κ1) is 21.2. The highest BCUT2D eigenvalue weighted by Gasteiger charge is 2.35. The van der Waals surface area contributed by atoms with Gasteiger partial charge in [0.1, 0.15) is 17.6 Å². The zero-order valence-corrected chi connectivity index (χ0v) is 18.0. The van der Waals surface area contributed by atoms with Gasteiger partial charge in [0.25, 0.3) is 5.24 Å². The zero-order valence-electron chi connectivity index (χ0n) is 17.2. The number of nitrogens with zero attached hydrogens (tertiary/aromatic N) is 1. The quantitative estimate of drug-likeness (QED) is 0.768. The first-order valence-corrected chi connectivity index (χ1v) is 11.5. The van der Waals surface area contributed by atoms with E-state index in [0.29, 0.717) is 25.6 Å². The first-order chi connectivity index (χ1) is 14.5. The fraction of sp³-hybridized carbons (Fsp3) is 0.591. The molecule has 3 amide bonds. The molecule has 162 valence electrons. The van der Waals surface area contributed by atoms with Crippen LogP contribution in [-0.4, -0.2) is 47.5 Å². The van der Waals surface area contributed by atoms with Gasteiger partial charge in [0.15, 0.2) is 0 Å². The van der Waals surface area contributed by atoms with Gasteiger partial charge >= 0.3 is 0 Å². The summed E-state index contributed by atoms with van der Waals surface area (Å²) >= 11 is 0.887. The Labute approximate surface area is 180 Å². The average Bonchev–Trinajstić information content (AvgIpc) is 2.93. The van der Waals surface area contributed by atoms with Crippen LogP contribution in [0.25, 0.3) is 0 Å². The number of imide groups is 1. The van der Waals surface area contributed by atoms with Crippen molar-refractivity contribution in [2.24, 2.45) is 5.92 Å². The van der Waals surface area contributed by atoms with Crippen LogP contribution in [0.1, 0.15) is 55.8 Å². The molecule has 2 atom stereocenters. The average molecular weight is 433 g/mol. The van der Waals surface area contributed by atoms with E-state index in [9.17, 15) is 14.4 Å². The van der Waals surface area contributed by atoms with Crippen LogP contribution >= 0.6 is 11.8 Å². The number of methoxy groups -OCH3 is 1. The van der Waals surface area contributed by atoms with Crippen LogP contribution in [0.4, 0.5) is 4.79 Å². The highest BCUT2D eigenvalue weighted by molar-refractivity contribution is 8.15. The van der Waals surface area contributed by atoms with E-state index in [1.165, 1.54) is 32.1 Å². The van der Waals surface area contributed by atoms with E-state index >= 15 is 0 Å². The minimum absolute atomic E-state index is 0.0139. The molecule has 3 aliphatic rings. The highest BCUT2D eigenvalue weighted by Crippen LogP contribution is 2.38. The van der Waals surface area contributed by atoms with Gasteiger partial charge in [-0.3, -0.25) is 19.7 Å². The Morgan fingerprint density at radius 3 is 2.80 bits per heavy atom. The Hall–Kier alpha value is -2.06. The van der Waals surface area contributed by atoms with Gasteiger partial charge in [-0.25, -0.2) is 0 Å². The number of benzene rings is 1. The molecule has 1 aromatic rings. The van der Waals surface area contributed by atoms with Crippen molar-refractivity contribution in [2.45, 2.75) is 56.4 Å². The maximum absolute atomic E-state index is 12.8. The first-order valence-electron chi connectivity index (χ1n) is 10.6. The molecule has 0 bridgehead atoms. The summed E-state index contributed by atoms with van der Waals surface area (Å²) in [6.07, 6.45) is 6.21. The Morgan fingerprint density at radius 2 is 2.10 bits per heavy atom. The fourth-order valence-electron chi connectivity index (χ4n) is 4.66. The number of hydrogen-bond donors (Lipinski definition) is 1. The predicted molar refractivity (Wildman–Crippen MR) is 113 cm³/mol. The Morgan fingerprint density at radius 1 is 1.30 bits per heavy atom. The van der Waals surface area contributed by atoms with Gasteiger partial charge in [0, 0.05) is 25.6 Å². The van der Waals surface area contributed by atoms with Gasteiger partial charge in [-0.2, -0.15) is 0 Å². The fourth-order valence-corrected chi connectivity index (χ4v) is 5.47. The van der Waals surface area contributed by atoms with Gasteiger partial charge in [-0.1, -0.05) is 37.1 Å². The van der Waals surface area contributed by atoms with Crippen molar-refractivity contribution < 1.29 is 23.9 Å². The van der Waals surface area contributed by atoms with Crippen molar-refractivity contribution in [1.29, 1.82) is 0 Å². The highest BCUT2D eigenvalue weighted by atomic mass is 32.2. The van der Waals surface area contributed by atoms with E-state index < -0.39 is 5.25 Å². The van der Waals surface area contributed by atoms with Crippen LogP contribution < -0.4 is 10.1 Å². The lowest BCUT2D eigenvalue weighted by Crippen LogP contribution is -2.36. The lowest BCUT2D eigenvalue weighted by molar-refractivity contribution is -0.133. The van der Waals surface area contributed by atoms with E-state index in [0.717, 1.165) is 28.6 Å². The summed E-state index contributed by atoms with van der Waals surface area (Å²) in [6, 6.07) is 6.15. The summed E-state index contributed by atoms with van der Waals surface area (Å²) < 4.78 is 11.8. The van der Waals surface area contributed by atoms with Crippen molar-refractivity contribution >= 4 is 28.8 Å². The molecule has 1 saturated carbocycles. The van der Waals surface area contributed by atoms with E-state index in [4.69, 9.17) is 9.47 Å². The summed E-state index contributed by atoms with van der Waals surface area (Å²) in [5.74, 6) is 0.773. The molecule has 7 nitrogen and oxygen atoms in total. The molecular formula is C22H28N2O5S. The van der Waals surface area contributed by atoms with Crippen LogP contribution in [-0.2, 0) is 20.9 Å². The second-order valence-corrected chi connectivity index (χ2v) is 9.35. The van der Waals surface area contributed by atoms with Crippen molar-refractivity contribution in [2.75, 3.05) is 20.3 Å². The third-order valence-corrected chi connectivity index (χ3v) is 7.19. The minimum atomic E-state index is -0.649. The van der Waals surface area contributed by atoms with E-state index in [1.807, 2.05) is 6.07 Å². The van der Waals surface area contributed by atoms with Gasteiger partial charge in [-0.05, 0) is 36.5 Å². The number of carbonyl (C=O) groups excluding carboxylic acids is 3. The largest absolute Gasteiger partial charge is 0.491 e. The lowest BCUT2D eigenvalue weighted by Gasteiger charge is -2.30. The standard InChI is InChI=1S/C22H28N2O5S/c1-28-20(14-5-3-2-4-6-14)15-7-8-17-16(11-15)13-24(9-10-29-17)19(25)12-18-21(26)23-22(27)30-18/h7-8,11,14,18,20H,2-6,9-10,12-13H2,1H3,(H,23,26,27)/t18-,20-/m1/s1. The number of carbonyl (C=O) groups is 3. The Balaban J connectivity index is 1.48. The van der Waals surface area contributed by atoms with Crippen molar-refractivity contribution in [3.8, 4) is 5.75 Å². The summed E-state index contributed by atoms with van der Waals surface area (Å²) in [7, 11) is 1.77. The normalized spacial score (nSPS) is 23.4. The van der Waals surface area contributed by atoms with Crippen molar-refractivity contribution in [3.05, 3.63) is 29.3 Å². The minimum Gasteiger partial charge on any atom is -0.491 e. The number of rotatable bonds is 5. The van der Waals surface area contributed by atoms with Crippen molar-refractivity contribution in [1.82, 2.24) is 10.2 Å². The number of ether oxygens (including phenoxy) is 2. The SMILES string of the molecule is CO[C@@H](c1ccc2c(c1)CN(C(=O)C[C@H]1SC(=O)NC1=O)CCO2)C1CCCCC1. The molecule has 2 fully saturated rings. The third-order valence-electron chi connectivity index (χ3n) is 6.20. The molecule has 1 saturated heterocycles.